The minimum Gasteiger partial charge on any atom is -0.497 e. The number of nitrogens with one attached hydrogen (secondary N) is 2. The smallest absolute Gasteiger partial charge is 0.252 e. The summed E-state index contributed by atoms with van der Waals surface area (Å²) in [6.45, 7) is 0.626. The molecule has 1 heterocycles. The summed E-state index contributed by atoms with van der Waals surface area (Å²) in [6, 6.07) is 13.7. The van der Waals surface area contributed by atoms with E-state index in [-0.39, 0.29) is 5.91 Å². The van der Waals surface area contributed by atoms with Crippen molar-refractivity contribution in [3.05, 3.63) is 78.0 Å². The third-order valence-electron chi connectivity index (χ3n) is 3.93. The average molecular weight is 399 g/mol. The van der Waals surface area contributed by atoms with Crippen LogP contribution in [-0.2, 0) is 0 Å². The molecule has 1 aromatic heterocycles. The summed E-state index contributed by atoms with van der Waals surface area (Å²) >= 11 is 0. The Morgan fingerprint density at radius 2 is 1.76 bits per heavy atom. The first-order valence-electron chi connectivity index (χ1n) is 8.78. The van der Waals surface area contributed by atoms with Crippen molar-refractivity contribution in [2.45, 2.75) is 0 Å². The van der Waals surface area contributed by atoms with Crippen molar-refractivity contribution in [1.29, 1.82) is 0 Å². The van der Waals surface area contributed by atoms with E-state index in [0.717, 1.165) is 17.9 Å². The topological polar surface area (TPSA) is 72.5 Å². The number of nitrogens with zero attached hydrogens (tertiary/aromatic N) is 1. The number of amides is 1. The first-order valence-corrected chi connectivity index (χ1v) is 8.78. The number of methoxy groups -OCH3 is 1. The Balaban J connectivity index is 1.46. The molecule has 3 rings (SSSR count). The van der Waals surface area contributed by atoms with E-state index in [9.17, 15) is 13.6 Å². The van der Waals surface area contributed by atoms with E-state index >= 15 is 0 Å². The van der Waals surface area contributed by atoms with Gasteiger partial charge in [-0.05, 0) is 48.5 Å². The molecule has 2 N–H and O–H groups in total. The van der Waals surface area contributed by atoms with E-state index in [4.69, 9.17) is 9.47 Å². The summed E-state index contributed by atoms with van der Waals surface area (Å²) in [5.74, 6) is -0.366. The van der Waals surface area contributed by atoms with Crippen molar-refractivity contribution in [1.82, 2.24) is 10.3 Å². The van der Waals surface area contributed by atoms with Gasteiger partial charge in [-0.3, -0.25) is 4.79 Å². The Kier molecular flexibility index (Phi) is 6.57. The van der Waals surface area contributed by atoms with Gasteiger partial charge in [0.25, 0.3) is 5.91 Å². The highest BCUT2D eigenvalue weighted by Gasteiger charge is 2.07. The van der Waals surface area contributed by atoms with Crippen LogP contribution in [0.25, 0.3) is 0 Å². The maximum Gasteiger partial charge on any atom is 0.252 e. The lowest BCUT2D eigenvalue weighted by Gasteiger charge is -2.09. The molecule has 0 bridgehead atoms. The van der Waals surface area contributed by atoms with Crippen molar-refractivity contribution < 1.29 is 23.0 Å². The SMILES string of the molecule is COc1ccc(OCCNC(=O)c2ccc(Nc3ccc(F)c(F)c3)nc2)cc1. The summed E-state index contributed by atoms with van der Waals surface area (Å²) in [4.78, 5) is 16.3. The molecule has 8 heteroatoms. The Morgan fingerprint density at radius 3 is 2.41 bits per heavy atom. The molecule has 0 atom stereocenters. The Labute approximate surface area is 166 Å². The summed E-state index contributed by atoms with van der Waals surface area (Å²) in [5, 5.41) is 5.57. The number of benzene rings is 2. The number of carbonyl (C=O) groups is 1. The molecule has 0 saturated carbocycles. The van der Waals surface area contributed by atoms with Crippen LogP contribution in [0, 0.1) is 11.6 Å². The zero-order chi connectivity index (χ0) is 20.6. The Hall–Kier alpha value is -3.68. The normalized spacial score (nSPS) is 10.3. The number of ether oxygens (including phenoxy) is 2. The van der Waals surface area contributed by atoms with Gasteiger partial charge in [-0.15, -0.1) is 0 Å². The van der Waals surface area contributed by atoms with Gasteiger partial charge in [0.1, 0.15) is 23.9 Å². The quantitative estimate of drug-likeness (QED) is 0.562. The van der Waals surface area contributed by atoms with Crippen LogP contribution in [-0.4, -0.2) is 31.2 Å². The zero-order valence-corrected chi connectivity index (χ0v) is 15.6. The van der Waals surface area contributed by atoms with E-state index in [0.29, 0.717) is 36.0 Å². The van der Waals surface area contributed by atoms with Crippen LogP contribution >= 0.6 is 0 Å². The molecule has 6 nitrogen and oxygen atoms in total. The monoisotopic (exact) mass is 399 g/mol. The van der Waals surface area contributed by atoms with E-state index in [1.807, 2.05) is 0 Å². The third-order valence-corrected chi connectivity index (χ3v) is 3.93. The summed E-state index contributed by atoms with van der Waals surface area (Å²) in [6.07, 6.45) is 1.39. The lowest BCUT2D eigenvalue weighted by Crippen LogP contribution is -2.28. The number of rotatable bonds is 8. The highest BCUT2D eigenvalue weighted by atomic mass is 19.2. The highest BCUT2D eigenvalue weighted by Crippen LogP contribution is 2.18. The van der Waals surface area contributed by atoms with Crippen molar-refractivity contribution in [2.75, 3.05) is 25.6 Å². The molecule has 2 aromatic carbocycles. The van der Waals surface area contributed by atoms with Crippen molar-refractivity contribution in [3.63, 3.8) is 0 Å². The second kappa shape index (κ2) is 9.50. The number of carbonyl (C=O) groups excluding carboxylic acids is 1. The van der Waals surface area contributed by atoms with Gasteiger partial charge in [0.15, 0.2) is 11.6 Å². The van der Waals surface area contributed by atoms with Crippen LogP contribution in [0.4, 0.5) is 20.3 Å². The largest absolute Gasteiger partial charge is 0.497 e. The fourth-order valence-corrected chi connectivity index (χ4v) is 2.43. The fourth-order valence-electron chi connectivity index (χ4n) is 2.43. The summed E-state index contributed by atoms with van der Waals surface area (Å²) in [5.41, 5.74) is 0.717. The first kappa shape index (κ1) is 20.1. The lowest BCUT2D eigenvalue weighted by atomic mass is 10.2. The Bertz CT molecular complexity index is 964. The second-order valence-corrected chi connectivity index (χ2v) is 5.97. The second-order valence-electron chi connectivity index (χ2n) is 5.97. The van der Waals surface area contributed by atoms with Gasteiger partial charge in [-0.2, -0.15) is 0 Å². The van der Waals surface area contributed by atoms with Gasteiger partial charge in [-0.1, -0.05) is 0 Å². The van der Waals surface area contributed by atoms with Gasteiger partial charge < -0.3 is 20.1 Å². The van der Waals surface area contributed by atoms with Gasteiger partial charge >= 0.3 is 0 Å². The average Bonchev–Trinajstić information content (AvgIpc) is 2.74. The molecule has 150 valence electrons. The zero-order valence-electron chi connectivity index (χ0n) is 15.6. The lowest BCUT2D eigenvalue weighted by molar-refractivity contribution is 0.0946. The number of halogens is 2. The van der Waals surface area contributed by atoms with Crippen molar-refractivity contribution in [3.8, 4) is 11.5 Å². The van der Waals surface area contributed by atoms with Gasteiger partial charge in [0, 0.05) is 18.0 Å². The number of anilines is 2. The molecule has 0 saturated heterocycles. The number of pyridine rings is 1. The van der Waals surface area contributed by atoms with Crippen molar-refractivity contribution >= 4 is 17.4 Å². The van der Waals surface area contributed by atoms with Crippen molar-refractivity contribution in [2.24, 2.45) is 0 Å². The standard InChI is InChI=1S/C21H19F2N3O3/c1-28-16-4-6-17(7-5-16)29-11-10-24-21(27)14-2-9-20(25-13-14)26-15-3-8-18(22)19(23)12-15/h2-9,12-13H,10-11H2,1H3,(H,24,27)(H,25,26). The molecular weight excluding hydrogens is 380 g/mol. The predicted octanol–water partition coefficient (Wildman–Crippen LogP) is 3.92. The number of hydrogen-bond donors (Lipinski definition) is 2. The molecule has 0 fully saturated rings. The maximum atomic E-state index is 13.2. The van der Waals surface area contributed by atoms with Crippen LogP contribution in [0.1, 0.15) is 10.4 Å². The molecule has 0 unspecified atom stereocenters. The summed E-state index contributed by atoms with van der Waals surface area (Å²) in [7, 11) is 1.59. The van der Waals surface area contributed by atoms with Crippen LogP contribution in [0.2, 0.25) is 0 Å². The van der Waals surface area contributed by atoms with E-state index < -0.39 is 11.6 Å². The maximum absolute atomic E-state index is 13.2. The molecule has 29 heavy (non-hydrogen) atoms. The number of aromatic nitrogens is 1. The number of hydrogen-bond acceptors (Lipinski definition) is 5. The predicted molar refractivity (Wildman–Crippen MR) is 105 cm³/mol. The van der Waals surface area contributed by atoms with E-state index in [1.165, 1.54) is 12.3 Å². The minimum atomic E-state index is -0.956. The molecular formula is C21H19F2N3O3. The van der Waals surface area contributed by atoms with Crippen LogP contribution < -0.4 is 20.1 Å². The summed E-state index contributed by atoms with van der Waals surface area (Å²) < 4.78 is 36.8. The molecule has 3 aromatic rings. The minimum absolute atomic E-state index is 0.296. The third kappa shape index (κ3) is 5.65. The van der Waals surface area contributed by atoms with Gasteiger partial charge in [0.05, 0.1) is 19.2 Å². The van der Waals surface area contributed by atoms with Crippen LogP contribution in [0.15, 0.2) is 60.8 Å². The first-order chi connectivity index (χ1) is 14.0. The van der Waals surface area contributed by atoms with Crippen LogP contribution in [0.5, 0.6) is 11.5 Å². The molecule has 0 aliphatic carbocycles. The molecule has 0 aliphatic rings. The Morgan fingerprint density at radius 1 is 1.00 bits per heavy atom. The van der Waals surface area contributed by atoms with Gasteiger partial charge in [0.2, 0.25) is 0 Å². The molecule has 1 amide bonds. The van der Waals surface area contributed by atoms with Crippen LogP contribution in [0.3, 0.4) is 0 Å². The van der Waals surface area contributed by atoms with Gasteiger partial charge in [-0.25, -0.2) is 13.8 Å². The molecule has 0 spiro atoms. The van der Waals surface area contributed by atoms with E-state index in [2.05, 4.69) is 15.6 Å². The van der Waals surface area contributed by atoms with E-state index in [1.54, 1.807) is 43.5 Å². The molecule has 0 aliphatic heterocycles. The highest BCUT2D eigenvalue weighted by molar-refractivity contribution is 5.94. The molecule has 0 radical (unpaired) electrons. The fraction of sp³-hybridized carbons (Fsp3) is 0.143.